The van der Waals surface area contributed by atoms with E-state index in [0.29, 0.717) is 29.9 Å². The number of fused-ring (bicyclic) bond motifs is 4. The van der Waals surface area contributed by atoms with Crippen molar-refractivity contribution in [2.75, 3.05) is 26.8 Å². The summed E-state index contributed by atoms with van der Waals surface area (Å²) in [6.45, 7) is 8.07. The molecule has 4 rings (SSSR count). The monoisotopic (exact) mass is 388 g/mol. The molecule has 4 N–H and O–H groups in total. The molecule has 2 fully saturated rings. The lowest BCUT2D eigenvalue weighted by atomic mass is 9.82. The van der Waals surface area contributed by atoms with Crippen LogP contribution in [-0.2, 0) is 19.1 Å². The average Bonchev–Trinajstić information content (AvgIpc) is 3.24. The zero-order valence-electron chi connectivity index (χ0n) is 16.1. The number of nitrogens with one attached hydrogen (secondary N) is 2. The molecule has 3 aliphatic heterocycles. The summed E-state index contributed by atoms with van der Waals surface area (Å²) in [5, 5.41) is 6.36. The van der Waals surface area contributed by atoms with Crippen LogP contribution in [0.4, 0.5) is 4.79 Å². The van der Waals surface area contributed by atoms with Crippen molar-refractivity contribution in [2.45, 2.75) is 31.7 Å². The van der Waals surface area contributed by atoms with Gasteiger partial charge in [0.2, 0.25) is 11.6 Å². The number of carbonyl (C=O) groups is 3. The van der Waals surface area contributed by atoms with Gasteiger partial charge in [0, 0.05) is 37.4 Å². The van der Waals surface area contributed by atoms with Crippen LogP contribution in [0.5, 0.6) is 0 Å². The van der Waals surface area contributed by atoms with Crippen molar-refractivity contribution in [1.29, 1.82) is 0 Å². The Hall–Kier alpha value is -2.65. The van der Waals surface area contributed by atoms with E-state index in [1.54, 1.807) is 14.0 Å². The molecule has 9 nitrogen and oxygen atoms in total. The minimum absolute atomic E-state index is 0.0580. The molecule has 28 heavy (non-hydrogen) atoms. The lowest BCUT2D eigenvalue weighted by Crippen LogP contribution is -2.55. The number of allylic oxidation sites excluding steroid dienone is 2. The Morgan fingerprint density at radius 3 is 2.75 bits per heavy atom. The standard InChI is InChI=1S/C19H24N4O5/c1-8(2)5-21-13-9(3)15(24)14-12(16(13)25)10(7-28-18(20)26)19(27-4)17-11(22-17)6-23(14)19/h10-11,17,21-22H,1,5-7H2,2-4H3,(H2,20,26)/t10-,11-,17-,19+/m1/s1. The van der Waals surface area contributed by atoms with Gasteiger partial charge >= 0.3 is 6.09 Å². The summed E-state index contributed by atoms with van der Waals surface area (Å²) in [7, 11) is 1.54. The molecule has 0 aromatic heterocycles. The molecule has 3 heterocycles. The summed E-state index contributed by atoms with van der Waals surface area (Å²) in [6, 6.07) is 0.109. The van der Waals surface area contributed by atoms with Crippen LogP contribution >= 0.6 is 0 Å². The van der Waals surface area contributed by atoms with Gasteiger partial charge < -0.3 is 30.7 Å². The average molecular weight is 388 g/mol. The summed E-state index contributed by atoms with van der Waals surface area (Å²) in [5.74, 6) is -1.13. The number of nitrogens with two attached hydrogens (primary N) is 1. The fourth-order valence-corrected chi connectivity index (χ4v) is 4.74. The van der Waals surface area contributed by atoms with E-state index < -0.39 is 17.7 Å². The molecule has 0 spiro atoms. The third-order valence-electron chi connectivity index (χ3n) is 5.99. The second-order valence-electron chi connectivity index (χ2n) is 7.73. The molecular formula is C19H24N4O5. The van der Waals surface area contributed by atoms with Crippen LogP contribution in [0.1, 0.15) is 13.8 Å². The third kappa shape index (κ3) is 2.36. The highest BCUT2D eigenvalue weighted by Gasteiger charge is 2.72. The van der Waals surface area contributed by atoms with Crippen LogP contribution in [0.2, 0.25) is 0 Å². The molecule has 0 radical (unpaired) electrons. The number of amides is 1. The van der Waals surface area contributed by atoms with Crippen molar-refractivity contribution < 1.29 is 23.9 Å². The molecule has 0 unspecified atom stereocenters. The predicted molar refractivity (Wildman–Crippen MR) is 98.7 cm³/mol. The number of hydrogen-bond donors (Lipinski definition) is 3. The van der Waals surface area contributed by atoms with E-state index in [4.69, 9.17) is 15.2 Å². The summed E-state index contributed by atoms with van der Waals surface area (Å²) >= 11 is 0. The Kier molecular flexibility index (Phi) is 4.13. The Bertz CT molecular complexity index is 876. The highest BCUT2D eigenvalue weighted by molar-refractivity contribution is 6.25. The molecular weight excluding hydrogens is 364 g/mol. The number of primary amides is 1. The third-order valence-corrected chi connectivity index (χ3v) is 5.99. The fraction of sp³-hybridized carbons (Fsp3) is 0.526. The van der Waals surface area contributed by atoms with E-state index in [1.165, 1.54) is 0 Å². The number of nitrogens with zero attached hydrogens (tertiary/aromatic N) is 1. The van der Waals surface area contributed by atoms with E-state index in [9.17, 15) is 14.4 Å². The minimum Gasteiger partial charge on any atom is -0.449 e. The summed E-state index contributed by atoms with van der Waals surface area (Å²) in [4.78, 5) is 39.8. The number of hydrogen-bond acceptors (Lipinski definition) is 8. The highest BCUT2D eigenvalue weighted by atomic mass is 16.6. The highest BCUT2D eigenvalue weighted by Crippen LogP contribution is 2.55. The molecule has 0 aromatic carbocycles. The lowest BCUT2D eigenvalue weighted by molar-refractivity contribution is -0.137. The number of carbonyl (C=O) groups excluding carboxylic acids is 3. The largest absolute Gasteiger partial charge is 0.449 e. The number of ether oxygens (including phenoxy) is 2. The zero-order valence-corrected chi connectivity index (χ0v) is 16.1. The molecule has 1 amide bonds. The van der Waals surface area contributed by atoms with Crippen LogP contribution in [0.3, 0.4) is 0 Å². The van der Waals surface area contributed by atoms with Gasteiger partial charge in [0.1, 0.15) is 6.61 Å². The summed E-state index contributed by atoms with van der Waals surface area (Å²) < 4.78 is 11.0. The number of Topliss-reactive ketones (excluding diaryl/α,β-unsaturated/α-hetero) is 2. The van der Waals surface area contributed by atoms with Gasteiger partial charge in [0.15, 0.2) is 5.72 Å². The van der Waals surface area contributed by atoms with Crippen molar-refractivity contribution in [2.24, 2.45) is 11.7 Å². The Labute approximate surface area is 162 Å². The molecule has 150 valence electrons. The zero-order chi connectivity index (χ0) is 20.4. The number of methoxy groups -OCH3 is 1. The van der Waals surface area contributed by atoms with Crippen molar-refractivity contribution in [3.63, 3.8) is 0 Å². The van der Waals surface area contributed by atoms with Crippen LogP contribution < -0.4 is 16.4 Å². The smallest absolute Gasteiger partial charge is 0.404 e. The van der Waals surface area contributed by atoms with E-state index in [1.807, 2.05) is 11.8 Å². The van der Waals surface area contributed by atoms with Crippen LogP contribution in [-0.4, -0.2) is 67.2 Å². The first-order valence-corrected chi connectivity index (χ1v) is 9.17. The van der Waals surface area contributed by atoms with Crippen LogP contribution in [0.15, 0.2) is 34.7 Å². The second-order valence-corrected chi connectivity index (χ2v) is 7.73. The maximum absolute atomic E-state index is 13.4. The van der Waals surface area contributed by atoms with Gasteiger partial charge in [-0.05, 0) is 13.8 Å². The van der Waals surface area contributed by atoms with Gasteiger partial charge in [-0.2, -0.15) is 0 Å². The van der Waals surface area contributed by atoms with Crippen LogP contribution in [0, 0.1) is 5.92 Å². The van der Waals surface area contributed by atoms with Crippen molar-refractivity contribution in [3.8, 4) is 0 Å². The second kappa shape index (κ2) is 6.18. The molecule has 0 bridgehead atoms. The number of rotatable bonds is 6. The van der Waals surface area contributed by atoms with E-state index in [2.05, 4.69) is 17.2 Å². The maximum Gasteiger partial charge on any atom is 0.404 e. The molecule has 4 aliphatic rings. The van der Waals surface area contributed by atoms with Gasteiger partial charge in [-0.25, -0.2) is 4.79 Å². The molecule has 9 heteroatoms. The first-order chi connectivity index (χ1) is 13.2. The lowest BCUT2D eigenvalue weighted by Gasteiger charge is -2.39. The normalized spacial score (nSPS) is 33.0. The topological polar surface area (TPSA) is 133 Å². The molecule has 1 aliphatic carbocycles. The van der Waals surface area contributed by atoms with E-state index in [0.717, 1.165) is 5.57 Å². The van der Waals surface area contributed by atoms with Gasteiger partial charge in [0.05, 0.1) is 23.4 Å². The Balaban J connectivity index is 1.77. The van der Waals surface area contributed by atoms with E-state index >= 15 is 0 Å². The van der Waals surface area contributed by atoms with Crippen molar-refractivity contribution in [3.05, 3.63) is 34.7 Å². The Morgan fingerprint density at radius 1 is 1.43 bits per heavy atom. The predicted octanol–water partition coefficient (Wildman–Crippen LogP) is -0.444. The minimum atomic E-state index is -0.958. The van der Waals surface area contributed by atoms with Gasteiger partial charge in [0.25, 0.3) is 0 Å². The molecule has 4 atom stereocenters. The molecule has 0 aromatic rings. The number of ketones is 2. The first kappa shape index (κ1) is 18.7. The van der Waals surface area contributed by atoms with Gasteiger partial charge in [-0.15, -0.1) is 0 Å². The maximum atomic E-state index is 13.4. The van der Waals surface area contributed by atoms with Gasteiger partial charge in [-0.3, -0.25) is 9.59 Å². The van der Waals surface area contributed by atoms with Crippen molar-refractivity contribution >= 4 is 17.7 Å². The van der Waals surface area contributed by atoms with E-state index in [-0.39, 0.29) is 36.0 Å². The quantitative estimate of drug-likeness (QED) is 0.317. The first-order valence-electron chi connectivity index (χ1n) is 9.17. The fourth-order valence-electron chi connectivity index (χ4n) is 4.74. The van der Waals surface area contributed by atoms with Crippen LogP contribution in [0.25, 0.3) is 0 Å². The van der Waals surface area contributed by atoms with Crippen molar-refractivity contribution in [1.82, 2.24) is 15.5 Å². The number of piperazine rings is 1. The SMILES string of the molecule is C=C(C)CNC1=C(C)C(=O)C2=C(C1=O)[C@@H](COC(N)=O)[C@]1(OC)[C@@H]3N[C@@H]3CN21. The molecule has 0 saturated carbocycles. The summed E-state index contributed by atoms with van der Waals surface area (Å²) in [6.07, 6.45) is -0.938. The Morgan fingerprint density at radius 2 is 2.14 bits per heavy atom. The van der Waals surface area contributed by atoms with Gasteiger partial charge in [-0.1, -0.05) is 12.2 Å². The summed E-state index contributed by atoms with van der Waals surface area (Å²) in [5.41, 5.74) is 6.32. The molecule has 2 saturated heterocycles.